The summed E-state index contributed by atoms with van der Waals surface area (Å²) in [6, 6.07) is 4.23. The highest BCUT2D eigenvalue weighted by Gasteiger charge is 2.37. The van der Waals surface area contributed by atoms with Gasteiger partial charge in [0.25, 0.3) is 0 Å². The van der Waals surface area contributed by atoms with E-state index in [0.29, 0.717) is 12.8 Å². The van der Waals surface area contributed by atoms with E-state index >= 15 is 0 Å². The lowest BCUT2D eigenvalue weighted by Gasteiger charge is -2.38. The molecule has 2 rings (SSSR count). The van der Waals surface area contributed by atoms with Gasteiger partial charge in [0.15, 0.2) is 0 Å². The molecular weight excluding hydrogens is 285 g/mol. The first kappa shape index (κ1) is 14.9. The van der Waals surface area contributed by atoms with Gasteiger partial charge in [-0.25, -0.2) is 12.8 Å². The highest BCUT2D eigenvalue weighted by molar-refractivity contribution is 7.89. The normalized spacial score (nSPS) is 18.6. The van der Waals surface area contributed by atoms with Gasteiger partial charge in [0.1, 0.15) is 5.82 Å². The van der Waals surface area contributed by atoms with Crippen molar-refractivity contribution in [1.29, 1.82) is 0 Å². The van der Waals surface area contributed by atoms with Crippen molar-refractivity contribution in [2.45, 2.75) is 42.5 Å². The molecule has 1 aliphatic rings. The molecule has 5 nitrogen and oxygen atoms in total. The molecule has 0 atom stereocenters. The maximum atomic E-state index is 12.8. The summed E-state index contributed by atoms with van der Waals surface area (Å²) >= 11 is 0. The van der Waals surface area contributed by atoms with Crippen LogP contribution in [0.2, 0.25) is 0 Å². The summed E-state index contributed by atoms with van der Waals surface area (Å²) in [5, 5.41) is 11.3. The van der Waals surface area contributed by atoms with Crippen LogP contribution in [0.25, 0.3) is 0 Å². The number of aliphatic carboxylic acids is 1. The van der Waals surface area contributed by atoms with E-state index in [2.05, 4.69) is 4.72 Å². The van der Waals surface area contributed by atoms with E-state index in [9.17, 15) is 22.7 Å². The predicted molar refractivity (Wildman–Crippen MR) is 67.5 cm³/mol. The second kappa shape index (κ2) is 5.49. The zero-order valence-corrected chi connectivity index (χ0v) is 11.6. The minimum atomic E-state index is -4.02. The predicted octanol–water partition coefficient (Wildman–Crippen LogP) is 0.557. The number of hydrogen-bond donors (Lipinski definition) is 1. The smallest absolute Gasteiger partial charge is 0.241 e. The molecule has 1 aromatic rings. The molecule has 1 aliphatic carbocycles. The fourth-order valence-electron chi connectivity index (χ4n) is 2.43. The van der Waals surface area contributed by atoms with E-state index in [-0.39, 0.29) is 17.7 Å². The van der Waals surface area contributed by atoms with Crippen LogP contribution >= 0.6 is 0 Å². The van der Waals surface area contributed by atoms with E-state index in [1.807, 2.05) is 0 Å². The van der Waals surface area contributed by atoms with Gasteiger partial charge in [0.05, 0.1) is 16.4 Å². The van der Waals surface area contributed by atoms with Crippen LogP contribution in [0.3, 0.4) is 0 Å². The number of carbonyl (C=O) groups excluding carboxylic acids is 1. The number of carboxylic acid groups (broad SMARTS) is 1. The minimum Gasteiger partial charge on any atom is -0.548 e. The maximum Gasteiger partial charge on any atom is 0.241 e. The standard InChI is InChI=1S/C13H16FNO4S/c14-10-4-6-11(7-5-10)20(18,19)15-13(12(16)17)8-2-1-3-9-13/h4-7,15H,1-3,8-9H2,(H,16,17)/p-1. The fourth-order valence-corrected chi connectivity index (χ4v) is 3.85. The summed E-state index contributed by atoms with van der Waals surface area (Å²) in [5.74, 6) is -1.97. The fraction of sp³-hybridized carbons (Fsp3) is 0.462. The molecule has 1 fully saturated rings. The summed E-state index contributed by atoms with van der Waals surface area (Å²) < 4.78 is 39.4. The molecule has 0 amide bonds. The molecule has 0 spiro atoms. The van der Waals surface area contributed by atoms with E-state index in [0.717, 1.165) is 30.7 Å². The SMILES string of the molecule is O=C([O-])C1(NS(=O)(=O)c2ccc(F)cc2)CCCCC1. The summed E-state index contributed by atoms with van der Waals surface area (Å²) in [6.07, 6.45) is 2.53. The van der Waals surface area contributed by atoms with Crippen LogP contribution in [0.15, 0.2) is 29.2 Å². The zero-order chi connectivity index (χ0) is 14.8. The summed E-state index contributed by atoms with van der Waals surface area (Å²) in [4.78, 5) is 11.2. The van der Waals surface area contributed by atoms with Crippen LogP contribution in [0.1, 0.15) is 32.1 Å². The summed E-state index contributed by atoms with van der Waals surface area (Å²) in [6.45, 7) is 0. The Bertz CT molecular complexity index is 591. The van der Waals surface area contributed by atoms with Gasteiger partial charge in [-0.05, 0) is 37.1 Å². The maximum absolute atomic E-state index is 12.8. The number of hydrogen-bond acceptors (Lipinski definition) is 4. The van der Waals surface area contributed by atoms with Crippen molar-refractivity contribution in [3.63, 3.8) is 0 Å². The van der Waals surface area contributed by atoms with Crippen molar-refractivity contribution >= 4 is 16.0 Å². The van der Waals surface area contributed by atoms with Crippen molar-refractivity contribution in [3.05, 3.63) is 30.1 Å². The lowest BCUT2D eigenvalue weighted by atomic mass is 9.83. The Morgan fingerprint density at radius 2 is 1.70 bits per heavy atom. The van der Waals surface area contributed by atoms with E-state index in [1.165, 1.54) is 0 Å². The lowest BCUT2D eigenvalue weighted by Crippen LogP contribution is -2.60. The van der Waals surface area contributed by atoms with Crippen LogP contribution in [0.4, 0.5) is 4.39 Å². The number of carboxylic acids is 1. The molecule has 0 aromatic heterocycles. The molecule has 1 N–H and O–H groups in total. The van der Waals surface area contributed by atoms with Gasteiger partial charge in [0.2, 0.25) is 10.0 Å². The highest BCUT2D eigenvalue weighted by Crippen LogP contribution is 2.29. The van der Waals surface area contributed by atoms with Crippen molar-refractivity contribution in [1.82, 2.24) is 4.72 Å². The topological polar surface area (TPSA) is 86.3 Å². The van der Waals surface area contributed by atoms with Crippen LogP contribution in [0.5, 0.6) is 0 Å². The molecule has 1 saturated carbocycles. The van der Waals surface area contributed by atoms with Crippen LogP contribution in [0, 0.1) is 5.82 Å². The van der Waals surface area contributed by atoms with Gasteiger partial charge >= 0.3 is 0 Å². The number of benzene rings is 1. The Kier molecular flexibility index (Phi) is 4.10. The molecule has 0 unspecified atom stereocenters. The third kappa shape index (κ3) is 2.99. The highest BCUT2D eigenvalue weighted by atomic mass is 32.2. The molecule has 0 heterocycles. The quantitative estimate of drug-likeness (QED) is 0.880. The second-order valence-electron chi connectivity index (χ2n) is 4.99. The van der Waals surface area contributed by atoms with E-state index in [1.54, 1.807) is 0 Å². The first-order chi connectivity index (χ1) is 9.36. The number of rotatable bonds is 4. The van der Waals surface area contributed by atoms with Crippen LogP contribution in [-0.4, -0.2) is 19.9 Å². The monoisotopic (exact) mass is 300 g/mol. The van der Waals surface area contributed by atoms with Gasteiger partial charge in [0, 0.05) is 0 Å². The largest absolute Gasteiger partial charge is 0.548 e. The zero-order valence-electron chi connectivity index (χ0n) is 10.8. The second-order valence-corrected chi connectivity index (χ2v) is 6.67. The summed E-state index contributed by atoms with van der Waals surface area (Å²) in [7, 11) is -4.02. The Hall–Kier alpha value is -1.47. The molecule has 0 radical (unpaired) electrons. The van der Waals surface area contributed by atoms with Gasteiger partial charge in [-0.3, -0.25) is 0 Å². The first-order valence-electron chi connectivity index (χ1n) is 6.37. The first-order valence-corrected chi connectivity index (χ1v) is 7.85. The van der Waals surface area contributed by atoms with Crippen LogP contribution < -0.4 is 9.83 Å². The Labute approximate surface area is 116 Å². The average molecular weight is 300 g/mol. The van der Waals surface area contributed by atoms with E-state index < -0.39 is 27.3 Å². The molecule has 0 bridgehead atoms. The third-order valence-corrected chi connectivity index (χ3v) is 5.10. The number of nitrogens with one attached hydrogen (secondary N) is 1. The molecule has 0 aliphatic heterocycles. The molecule has 20 heavy (non-hydrogen) atoms. The van der Waals surface area contributed by atoms with Gasteiger partial charge in [-0.1, -0.05) is 19.3 Å². The van der Waals surface area contributed by atoms with Gasteiger partial charge < -0.3 is 9.90 Å². The number of halogens is 1. The molecule has 1 aromatic carbocycles. The molecule has 110 valence electrons. The number of carbonyl (C=O) groups is 1. The van der Waals surface area contributed by atoms with Crippen molar-refractivity contribution in [2.24, 2.45) is 0 Å². The van der Waals surface area contributed by atoms with E-state index in [4.69, 9.17) is 0 Å². The van der Waals surface area contributed by atoms with Gasteiger partial charge in [-0.15, -0.1) is 0 Å². The lowest BCUT2D eigenvalue weighted by molar-refractivity contribution is -0.314. The van der Waals surface area contributed by atoms with Gasteiger partial charge in [-0.2, -0.15) is 4.72 Å². The number of sulfonamides is 1. The van der Waals surface area contributed by atoms with Crippen molar-refractivity contribution < 1.29 is 22.7 Å². The third-order valence-electron chi connectivity index (χ3n) is 3.55. The molecule has 7 heteroatoms. The Morgan fingerprint density at radius 3 is 2.20 bits per heavy atom. The Morgan fingerprint density at radius 1 is 1.15 bits per heavy atom. The molecular formula is C13H15FNO4S-. The Balaban J connectivity index is 2.30. The van der Waals surface area contributed by atoms with Crippen LogP contribution in [-0.2, 0) is 14.8 Å². The average Bonchev–Trinajstić information content (AvgIpc) is 2.39. The van der Waals surface area contributed by atoms with Crippen molar-refractivity contribution in [2.75, 3.05) is 0 Å². The molecule has 0 saturated heterocycles. The minimum absolute atomic E-state index is 0.162. The van der Waals surface area contributed by atoms with Crippen molar-refractivity contribution in [3.8, 4) is 0 Å². The summed E-state index contributed by atoms with van der Waals surface area (Å²) in [5.41, 5.74) is -1.56.